The quantitative estimate of drug-likeness (QED) is 0.706. The minimum atomic E-state index is 0.0737. The normalized spacial score (nSPS) is 21.5. The molecule has 0 aliphatic carbocycles. The zero-order valence-corrected chi connectivity index (χ0v) is 16.9. The summed E-state index contributed by atoms with van der Waals surface area (Å²) in [5.74, 6) is 3.69. The molecule has 2 saturated heterocycles. The Balaban J connectivity index is 1.54. The van der Waals surface area contributed by atoms with Crippen molar-refractivity contribution in [1.82, 2.24) is 9.80 Å². The van der Waals surface area contributed by atoms with Gasteiger partial charge in [0.25, 0.3) is 5.91 Å². The van der Waals surface area contributed by atoms with E-state index in [-0.39, 0.29) is 18.6 Å². The summed E-state index contributed by atoms with van der Waals surface area (Å²) in [7, 11) is 0. The van der Waals surface area contributed by atoms with Gasteiger partial charge in [-0.15, -0.1) is 0 Å². The Hall–Kier alpha value is -1.44. The topological polar surface area (TPSA) is 51.2 Å². The SMILES string of the molecule is CCOc1ccc(OCC(=O)N2CCCSCC2CN2CCOCC2)cc1. The van der Waals surface area contributed by atoms with E-state index in [2.05, 4.69) is 4.90 Å². The van der Waals surface area contributed by atoms with E-state index in [9.17, 15) is 4.79 Å². The Labute approximate surface area is 166 Å². The standard InChI is InChI=1S/C20H30N2O4S/c1-2-25-18-4-6-19(7-5-18)26-15-20(23)22-8-3-13-27-16-17(22)14-21-9-11-24-12-10-21/h4-7,17H,2-3,8-16H2,1H3. The second-order valence-corrected chi connectivity index (χ2v) is 7.93. The predicted octanol–water partition coefficient (Wildman–Crippen LogP) is 2.13. The molecule has 150 valence electrons. The summed E-state index contributed by atoms with van der Waals surface area (Å²) in [4.78, 5) is 17.3. The van der Waals surface area contributed by atoms with Crippen molar-refractivity contribution in [2.45, 2.75) is 19.4 Å². The van der Waals surface area contributed by atoms with Crippen molar-refractivity contribution in [3.8, 4) is 11.5 Å². The molecule has 3 rings (SSSR count). The van der Waals surface area contributed by atoms with Crippen LogP contribution in [0.4, 0.5) is 0 Å². The largest absolute Gasteiger partial charge is 0.494 e. The van der Waals surface area contributed by atoms with Crippen LogP contribution in [0.1, 0.15) is 13.3 Å². The van der Waals surface area contributed by atoms with Crippen LogP contribution in [-0.2, 0) is 9.53 Å². The molecular formula is C20H30N2O4S. The van der Waals surface area contributed by atoms with Crippen molar-refractivity contribution in [2.24, 2.45) is 0 Å². The summed E-state index contributed by atoms with van der Waals surface area (Å²) in [6, 6.07) is 7.68. The van der Waals surface area contributed by atoms with Crippen LogP contribution >= 0.6 is 11.8 Å². The van der Waals surface area contributed by atoms with Crippen LogP contribution in [0.2, 0.25) is 0 Å². The van der Waals surface area contributed by atoms with Gasteiger partial charge in [0.15, 0.2) is 6.61 Å². The number of hydrogen-bond acceptors (Lipinski definition) is 6. The molecule has 1 unspecified atom stereocenters. The molecule has 1 atom stereocenters. The van der Waals surface area contributed by atoms with Crippen LogP contribution in [0, 0.1) is 0 Å². The van der Waals surface area contributed by atoms with Crippen LogP contribution in [-0.4, -0.2) is 85.9 Å². The number of benzene rings is 1. The number of carbonyl (C=O) groups is 1. The molecule has 0 bridgehead atoms. The smallest absolute Gasteiger partial charge is 0.260 e. The van der Waals surface area contributed by atoms with E-state index in [4.69, 9.17) is 14.2 Å². The van der Waals surface area contributed by atoms with E-state index in [0.29, 0.717) is 12.4 Å². The van der Waals surface area contributed by atoms with E-state index < -0.39 is 0 Å². The van der Waals surface area contributed by atoms with E-state index in [0.717, 1.165) is 63.1 Å². The predicted molar refractivity (Wildman–Crippen MR) is 108 cm³/mol. The fourth-order valence-corrected chi connectivity index (χ4v) is 4.47. The number of hydrogen-bond donors (Lipinski definition) is 0. The van der Waals surface area contributed by atoms with Gasteiger partial charge in [0.2, 0.25) is 0 Å². The third-order valence-electron chi connectivity index (χ3n) is 4.83. The number of rotatable bonds is 7. The highest BCUT2D eigenvalue weighted by Crippen LogP contribution is 2.20. The summed E-state index contributed by atoms with van der Waals surface area (Å²) in [5, 5.41) is 0. The Morgan fingerprint density at radius 3 is 2.56 bits per heavy atom. The highest BCUT2D eigenvalue weighted by Gasteiger charge is 2.28. The van der Waals surface area contributed by atoms with Gasteiger partial charge in [-0.2, -0.15) is 11.8 Å². The maximum Gasteiger partial charge on any atom is 0.260 e. The number of morpholine rings is 1. The number of carbonyl (C=O) groups excluding carboxylic acids is 1. The average Bonchev–Trinajstić information content (AvgIpc) is 2.94. The van der Waals surface area contributed by atoms with Crippen LogP contribution in [0.15, 0.2) is 24.3 Å². The maximum absolute atomic E-state index is 12.9. The first-order chi connectivity index (χ1) is 13.3. The highest BCUT2D eigenvalue weighted by atomic mass is 32.2. The first-order valence-electron chi connectivity index (χ1n) is 9.79. The molecule has 2 heterocycles. The Morgan fingerprint density at radius 2 is 1.85 bits per heavy atom. The minimum absolute atomic E-state index is 0.0737. The summed E-state index contributed by atoms with van der Waals surface area (Å²) in [6.07, 6.45) is 1.04. The summed E-state index contributed by atoms with van der Waals surface area (Å²) in [5.41, 5.74) is 0. The third kappa shape index (κ3) is 6.30. The van der Waals surface area contributed by atoms with Crippen molar-refractivity contribution in [2.75, 3.05) is 64.1 Å². The van der Waals surface area contributed by atoms with Gasteiger partial charge < -0.3 is 19.1 Å². The number of nitrogens with zero attached hydrogens (tertiary/aromatic N) is 2. The van der Waals surface area contributed by atoms with E-state index >= 15 is 0 Å². The lowest BCUT2D eigenvalue weighted by Gasteiger charge is -2.35. The zero-order chi connectivity index (χ0) is 18.9. The fourth-order valence-electron chi connectivity index (χ4n) is 3.42. The molecule has 0 saturated carbocycles. The fraction of sp³-hybridized carbons (Fsp3) is 0.650. The molecule has 0 N–H and O–H groups in total. The van der Waals surface area contributed by atoms with Gasteiger partial charge in [-0.05, 0) is 43.4 Å². The average molecular weight is 395 g/mol. The number of amides is 1. The Bertz CT molecular complexity index is 578. The zero-order valence-electron chi connectivity index (χ0n) is 16.1. The molecule has 1 aromatic carbocycles. The Kier molecular flexibility index (Phi) is 8.10. The van der Waals surface area contributed by atoms with Gasteiger partial charge in [-0.3, -0.25) is 9.69 Å². The lowest BCUT2D eigenvalue weighted by atomic mass is 10.2. The third-order valence-corrected chi connectivity index (χ3v) is 6.03. The monoisotopic (exact) mass is 394 g/mol. The van der Waals surface area contributed by atoms with E-state index in [1.807, 2.05) is 47.9 Å². The molecule has 2 fully saturated rings. The molecule has 0 aromatic heterocycles. The highest BCUT2D eigenvalue weighted by molar-refractivity contribution is 7.99. The van der Waals surface area contributed by atoms with E-state index in [1.165, 1.54) is 0 Å². The lowest BCUT2D eigenvalue weighted by Crippen LogP contribution is -2.51. The Morgan fingerprint density at radius 1 is 1.15 bits per heavy atom. The van der Waals surface area contributed by atoms with E-state index in [1.54, 1.807) is 0 Å². The molecule has 2 aliphatic rings. The van der Waals surface area contributed by atoms with Gasteiger partial charge in [0.1, 0.15) is 11.5 Å². The molecule has 1 aromatic rings. The van der Waals surface area contributed by atoms with Gasteiger partial charge in [-0.1, -0.05) is 0 Å². The lowest BCUT2D eigenvalue weighted by molar-refractivity contribution is -0.135. The number of thioether (sulfide) groups is 1. The molecule has 6 nitrogen and oxygen atoms in total. The molecular weight excluding hydrogens is 364 g/mol. The minimum Gasteiger partial charge on any atom is -0.494 e. The summed E-state index contributed by atoms with van der Waals surface area (Å²) in [6.45, 7) is 7.88. The van der Waals surface area contributed by atoms with Crippen molar-refractivity contribution < 1.29 is 19.0 Å². The van der Waals surface area contributed by atoms with Crippen LogP contribution < -0.4 is 9.47 Å². The molecule has 27 heavy (non-hydrogen) atoms. The van der Waals surface area contributed by atoms with Gasteiger partial charge in [-0.25, -0.2) is 0 Å². The summed E-state index contributed by atoms with van der Waals surface area (Å²) >= 11 is 1.95. The first-order valence-corrected chi connectivity index (χ1v) is 10.9. The number of ether oxygens (including phenoxy) is 3. The van der Waals surface area contributed by atoms with Gasteiger partial charge >= 0.3 is 0 Å². The second kappa shape index (κ2) is 10.8. The van der Waals surface area contributed by atoms with Crippen LogP contribution in [0.5, 0.6) is 11.5 Å². The van der Waals surface area contributed by atoms with Crippen molar-refractivity contribution in [1.29, 1.82) is 0 Å². The van der Waals surface area contributed by atoms with Crippen molar-refractivity contribution >= 4 is 17.7 Å². The first kappa shape index (κ1) is 20.3. The van der Waals surface area contributed by atoms with Crippen molar-refractivity contribution in [3.63, 3.8) is 0 Å². The molecule has 0 spiro atoms. The second-order valence-electron chi connectivity index (χ2n) is 6.78. The molecule has 0 radical (unpaired) electrons. The van der Waals surface area contributed by atoms with Gasteiger partial charge in [0, 0.05) is 31.9 Å². The maximum atomic E-state index is 12.9. The van der Waals surface area contributed by atoms with Crippen LogP contribution in [0.3, 0.4) is 0 Å². The molecule has 7 heteroatoms. The van der Waals surface area contributed by atoms with Crippen LogP contribution in [0.25, 0.3) is 0 Å². The van der Waals surface area contributed by atoms with Gasteiger partial charge in [0.05, 0.1) is 25.9 Å². The van der Waals surface area contributed by atoms with Crippen molar-refractivity contribution in [3.05, 3.63) is 24.3 Å². The molecule has 1 amide bonds. The summed E-state index contributed by atoms with van der Waals surface area (Å²) < 4.78 is 16.6. The molecule has 2 aliphatic heterocycles.